The number of nitriles is 1. The van der Waals surface area contributed by atoms with Gasteiger partial charge in [0, 0.05) is 0 Å². The molecule has 0 saturated heterocycles. The van der Waals surface area contributed by atoms with Gasteiger partial charge in [0.25, 0.3) is 0 Å². The fraction of sp³-hybridized carbons (Fsp3) is 0.259. The maximum atomic E-state index is 9.96. The Kier molecular flexibility index (Phi) is 6.13. The lowest BCUT2D eigenvalue weighted by molar-refractivity contribution is 0.390. The molecule has 0 bridgehead atoms. The highest BCUT2D eigenvalue weighted by molar-refractivity contribution is 5.49. The van der Waals surface area contributed by atoms with E-state index < -0.39 is 11.0 Å². The minimum Gasteiger partial charge on any atom is -0.197 e. The molecule has 0 aliphatic heterocycles. The lowest BCUT2D eigenvalue weighted by atomic mass is 9.77. The third-order valence-corrected chi connectivity index (χ3v) is 6.06. The molecule has 4 aromatic rings. The fourth-order valence-electron chi connectivity index (χ4n) is 4.21. The van der Waals surface area contributed by atoms with Gasteiger partial charge >= 0.3 is 0 Å². The van der Waals surface area contributed by atoms with E-state index in [4.69, 9.17) is 5.10 Å². The normalized spacial score (nSPS) is 13.3. The van der Waals surface area contributed by atoms with Gasteiger partial charge in [-0.05, 0) is 35.2 Å². The van der Waals surface area contributed by atoms with E-state index in [1.807, 2.05) is 61.5 Å². The van der Waals surface area contributed by atoms with Gasteiger partial charge in [0.1, 0.15) is 5.41 Å². The molecule has 0 aliphatic carbocycles. The summed E-state index contributed by atoms with van der Waals surface area (Å²) in [4.78, 5) is 1.68. The number of aromatic nitrogens is 4. The lowest BCUT2D eigenvalue weighted by Crippen LogP contribution is -2.40. The summed E-state index contributed by atoms with van der Waals surface area (Å²) in [5.74, 6) is 0.459. The summed E-state index contributed by atoms with van der Waals surface area (Å²) >= 11 is 0. The summed E-state index contributed by atoms with van der Waals surface area (Å²) in [6, 6.07) is 33.1. The maximum absolute atomic E-state index is 9.96. The minimum atomic E-state index is -0.823. The maximum Gasteiger partial charge on any atom is 0.194 e. The molecule has 0 aliphatic rings. The molecule has 0 saturated carbocycles. The number of rotatable bonds is 8. The van der Waals surface area contributed by atoms with Gasteiger partial charge < -0.3 is 0 Å². The first-order valence-electron chi connectivity index (χ1n) is 11.0. The third kappa shape index (κ3) is 3.69. The molecule has 0 spiro atoms. The van der Waals surface area contributed by atoms with Crippen molar-refractivity contribution in [2.45, 2.75) is 44.1 Å². The summed E-state index contributed by atoms with van der Waals surface area (Å²) in [7, 11) is 0. The Labute approximate surface area is 189 Å². The second kappa shape index (κ2) is 9.15. The van der Waals surface area contributed by atoms with Crippen LogP contribution in [0.15, 0.2) is 91.0 Å². The highest BCUT2D eigenvalue weighted by atomic mass is 15.6. The van der Waals surface area contributed by atoms with Crippen LogP contribution in [0.3, 0.4) is 0 Å². The van der Waals surface area contributed by atoms with Crippen molar-refractivity contribution in [3.63, 3.8) is 0 Å². The van der Waals surface area contributed by atoms with E-state index in [0.29, 0.717) is 12.2 Å². The largest absolute Gasteiger partial charge is 0.197 e. The van der Waals surface area contributed by atoms with Crippen LogP contribution in [0.1, 0.15) is 55.6 Å². The fourth-order valence-corrected chi connectivity index (χ4v) is 4.21. The van der Waals surface area contributed by atoms with Crippen LogP contribution >= 0.6 is 0 Å². The monoisotopic (exact) mass is 421 g/mol. The number of unbranched alkanes of at least 4 members (excludes halogenated alkanes) is 1. The van der Waals surface area contributed by atoms with Crippen LogP contribution in [-0.4, -0.2) is 20.2 Å². The van der Waals surface area contributed by atoms with Crippen molar-refractivity contribution >= 4 is 0 Å². The van der Waals surface area contributed by atoms with Gasteiger partial charge in [0.15, 0.2) is 11.4 Å². The standard InChI is InChI=1S/C27H27N5/c1-3-4-20-26(2,21-28)25-29-31-32(30-25)27(22-14-8-5-9-15-22,23-16-10-6-11-17-23)24-18-12-7-13-19-24/h5-19H,3-4,20H2,1-2H3. The summed E-state index contributed by atoms with van der Waals surface area (Å²) in [5, 5.41) is 23.8. The quantitative estimate of drug-likeness (QED) is 0.353. The molecule has 32 heavy (non-hydrogen) atoms. The molecule has 1 heterocycles. The smallest absolute Gasteiger partial charge is 0.194 e. The van der Waals surface area contributed by atoms with Gasteiger partial charge in [-0.1, -0.05) is 111 Å². The summed E-state index contributed by atoms with van der Waals surface area (Å²) in [6.45, 7) is 4.02. The van der Waals surface area contributed by atoms with Crippen molar-refractivity contribution in [3.05, 3.63) is 114 Å². The Bertz CT molecular complexity index is 1080. The van der Waals surface area contributed by atoms with E-state index >= 15 is 0 Å². The molecular weight excluding hydrogens is 394 g/mol. The van der Waals surface area contributed by atoms with Crippen molar-refractivity contribution < 1.29 is 0 Å². The van der Waals surface area contributed by atoms with E-state index in [1.165, 1.54) is 0 Å². The zero-order chi connectivity index (χ0) is 22.4. The second-order valence-corrected chi connectivity index (χ2v) is 8.26. The average Bonchev–Trinajstić information content (AvgIpc) is 3.36. The SMILES string of the molecule is CCCCC(C)(C#N)c1nnn(C(c2ccccc2)(c2ccccc2)c2ccccc2)n1. The number of nitrogens with zero attached hydrogens (tertiary/aromatic N) is 5. The van der Waals surface area contributed by atoms with E-state index in [-0.39, 0.29) is 0 Å². The first-order chi connectivity index (χ1) is 15.6. The minimum absolute atomic E-state index is 0.459. The third-order valence-electron chi connectivity index (χ3n) is 6.06. The van der Waals surface area contributed by atoms with Gasteiger partial charge in [-0.3, -0.25) is 0 Å². The molecule has 160 valence electrons. The lowest BCUT2D eigenvalue weighted by Gasteiger charge is -2.34. The molecule has 0 radical (unpaired) electrons. The summed E-state index contributed by atoms with van der Waals surface area (Å²) in [6.07, 6.45) is 2.63. The molecule has 0 amide bonds. The van der Waals surface area contributed by atoms with E-state index in [0.717, 1.165) is 29.5 Å². The van der Waals surface area contributed by atoms with Gasteiger partial charge in [0.05, 0.1) is 6.07 Å². The molecule has 1 atom stereocenters. The number of benzene rings is 3. The number of tetrazole rings is 1. The van der Waals surface area contributed by atoms with E-state index in [2.05, 4.69) is 59.7 Å². The van der Waals surface area contributed by atoms with Crippen LogP contribution in [0.2, 0.25) is 0 Å². The molecule has 5 heteroatoms. The Morgan fingerprint density at radius 3 is 1.69 bits per heavy atom. The predicted octanol–water partition coefficient (Wildman–Crippen LogP) is 5.48. The molecule has 0 fully saturated rings. The Morgan fingerprint density at radius 1 is 0.812 bits per heavy atom. The Morgan fingerprint density at radius 2 is 1.28 bits per heavy atom. The van der Waals surface area contributed by atoms with Crippen molar-refractivity contribution in [2.24, 2.45) is 0 Å². The Balaban J connectivity index is 2.00. The van der Waals surface area contributed by atoms with Crippen LogP contribution in [0.5, 0.6) is 0 Å². The van der Waals surface area contributed by atoms with Crippen LogP contribution < -0.4 is 0 Å². The predicted molar refractivity (Wildman–Crippen MR) is 125 cm³/mol. The summed E-state index contributed by atoms with van der Waals surface area (Å²) < 4.78 is 0. The zero-order valence-electron chi connectivity index (χ0n) is 18.5. The van der Waals surface area contributed by atoms with Crippen molar-refractivity contribution in [1.29, 1.82) is 5.26 Å². The average molecular weight is 422 g/mol. The van der Waals surface area contributed by atoms with Crippen LogP contribution in [0, 0.1) is 11.3 Å². The highest BCUT2D eigenvalue weighted by Crippen LogP contribution is 2.40. The molecule has 1 unspecified atom stereocenters. The van der Waals surface area contributed by atoms with Gasteiger partial charge in [-0.25, -0.2) is 0 Å². The van der Waals surface area contributed by atoms with Crippen molar-refractivity contribution in [1.82, 2.24) is 20.2 Å². The molecule has 5 nitrogen and oxygen atoms in total. The van der Waals surface area contributed by atoms with Gasteiger partial charge in [0.2, 0.25) is 0 Å². The first kappa shape index (κ1) is 21.5. The van der Waals surface area contributed by atoms with Crippen molar-refractivity contribution in [2.75, 3.05) is 0 Å². The zero-order valence-corrected chi connectivity index (χ0v) is 18.5. The van der Waals surface area contributed by atoms with Crippen LogP contribution in [0.25, 0.3) is 0 Å². The molecule has 3 aromatic carbocycles. The number of hydrogen-bond donors (Lipinski definition) is 0. The molecule has 4 rings (SSSR count). The molecular formula is C27H27N5. The number of hydrogen-bond acceptors (Lipinski definition) is 4. The van der Waals surface area contributed by atoms with Gasteiger partial charge in [-0.15, -0.1) is 15.0 Å². The highest BCUT2D eigenvalue weighted by Gasteiger charge is 2.42. The van der Waals surface area contributed by atoms with E-state index in [9.17, 15) is 5.26 Å². The summed E-state index contributed by atoms with van der Waals surface area (Å²) in [5.41, 5.74) is 1.45. The topological polar surface area (TPSA) is 67.4 Å². The second-order valence-electron chi connectivity index (χ2n) is 8.26. The van der Waals surface area contributed by atoms with Crippen molar-refractivity contribution in [3.8, 4) is 6.07 Å². The van der Waals surface area contributed by atoms with E-state index in [1.54, 1.807) is 4.80 Å². The molecule has 0 N–H and O–H groups in total. The van der Waals surface area contributed by atoms with Crippen LogP contribution in [-0.2, 0) is 11.0 Å². The Hall–Kier alpha value is -3.78. The molecule has 1 aromatic heterocycles. The first-order valence-corrected chi connectivity index (χ1v) is 11.0. The van der Waals surface area contributed by atoms with Crippen LogP contribution in [0.4, 0.5) is 0 Å². The van der Waals surface area contributed by atoms with Gasteiger partial charge in [-0.2, -0.15) is 5.26 Å².